The Balaban J connectivity index is 2.31. The van der Waals surface area contributed by atoms with Crippen LogP contribution in [0.5, 0.6) is 0 Å². The van der Waals surface area contributed by atoms with E-state index in [4.69, 9.17) is 0 Å². The van der Waals surface area contributed by atoms with Crippen LogP contribution < -0.4 is 0 Å². The van der Waals surface area contributed by atoms with Gasteiger partial charge in [-0.15, -0.1) is 0 Å². The van der Waals surface area contributed by atoms with Gasteiger partial charge in [0.2, 0.25) is 0 Å². The van der Waals surface area contributed by atoms with Crippen molar-refractivity contribution in [2.75, 3.05) is 0 Å². The van der Waals surface area contributed by atoms with Gasteiger partial charge in [-0.1, -0.05) is 58.5 Å². The molecule has 0 saturated heterocycles. The van der Waals surface area contributed by atoms with E-state index in [1.54, 1.807) is 0 Å². The molecule has 0 bridgehead atoms. The van der Waals surface area contributed by atoms with Gasteiger partial charge in [0.05, 0.1) is 3.74 Å². The van der Waals surface area contributed by atoms with Crippen LogP contribution in [0.25, 0.3) is 0 Å². The molecule has 0 spiro atoms. The van der Waals surface area contributed by atoms with Gasteiger partial charge < -0.3 is 0 Å². The van der Waals surface area contributed by atoms with Crippen molar-refractivity contribution < 1.29 is 0 Å². The summed E-state index contributed by atoms with van der Waals surface area (Å²) < 4.78 is 0.510. The van der Waals surface area contributed by atoms with E-state index in [0.717, 1.165) is 17.8 Å². The third kappa shape index (κ3) is 3.45. The van der Waals surface area contributed by atoms with Crippen LogP contribution in [0.2, 0.25) is 0 Å². The zero-order valence-electron chi connectivity index (χ0n) is 7.19. The molecule has 66 valence electrons. The second kappa shape index (κ2) is 4.27. The molecule has 0 aliphatic heterocycles. The lowest BCUT2D eigenvalue weighted by atomic mass is 9.92. The highest BCUT2D eigenvalue weighted by molar-refractivity contribution is 9.24. The van der Waals surface area contributed by atoms with Crippen molar-refractivity contribution in [2.24, 2.45) is 17.8 Å². The van der Waals surface area contributed by atoms with Gasteiger partial charge in [-0.2, -0.15) is 0 Å². The number of hydrogen-bond donors (Lipinski definition) is 0. The topological polar surface area (TPSA) is 0 Å². The van der Waals surface area contributed by atoms with Crippen LogP contribution in [-0.4, -0.2) is 3.74 Å². The molecule has 0 radical (unpaired) electrons. The lowest BCUT2D eigenvalue weighted by Gasteiger charge is -2.21. The van der Waals surface area contributed by atoms with Gasteiger partial charge in [-0.3, -0.25) is 0 Å². The molecule has 0 nitrogen and oxygen atoms in total. The van der Waals surface area contributed by atoms with Crippen molar-refractivity contribution in [1.29, 1.82) is 0 Å². The Morgan fingerprint density at radius 3 is 2.09 bits per heavy atom. The molecule has 0 aromatic rings. The van der Waals surface area contributed by atoms with Crippen LogP contribution in [0.3, 0.4) is 0 Å². The predicted octanol–water partition coefficient (Wildman–Crippen LogP) is 4.17. The fourth-order valence-corrected chi connectivity index (χ4v) is 3.06. The summed E-state index contributed by atoms with van der Waals surface area (Å²) in [6.45, 7) is 4.62. The maximum atomic E-state index is 3.61. The quantitative estimate of drug-likeness (QED) is 0.679. The summed E-state index contributed by atoms with van der Waals surface area (Å²) in [4.78, 5) is 0. The van der Waals surface area contributed by atoms with Gasteiger partial charge in [0, 0.05) is 0 Å². The maximum absolute atomic E-state index is 3.61. The monoisotopic (exact) mass is 282 g/mol. The van der Waals surface area contributed by atoms with E-state index in [1.165, 1.54) is 19.3 Å². The van der Waals surface area contributed by atoms with E-state index in [-0.39, 0.29) is 0 Å². The van der Waals surface area contributed by atoms with E-state index >= 15 is 0 Å². The van der Waals surface area contributed by atoms with Gasteiger partial charge in [-0.25, -0.2) is 0 Å². The smallest absolute Gasteiger partial charge is 0.0728 e. The molecule has 1 aliphatic rings. The van der Waals surface area contributed by atoms with Gasteiger partial charge >= 0.3 is 0 Å². The summed E-state index contributed by atoms with van der Waals surface area (Å²) in [5.74, 6) is 2.64. The second-order valence-corrected chi connectivity index (χ2v) is 7.12. The van der Waals surface area contributed by atoms with Crippen LogP contribution in [0.4, 0.5) is 0 Å². The first-order chi connectivity index (χ1) is 5.11. The van der Waals surface area contributed by atoms with E-state index in [0.29, 0.717) is 3.74 Å². The SMILES string of the molecule is CC(C)C(CC1CC1)C(Br)Br. The molecule has 1 rings (SSSR count). The van der Waals surface area contributed by atoms with Crippen LogP contribution in [0.1, 0.15) is 33.1 Å². The second-order valence-electron chi connectivity index (χ2n) is 3.92. The summed E-state index contributed by atoms with van der Waals surface area (Å²) in [6, 6.07) is 0. The van der Waals surface area contributed by atoms with Crippen LogP contribution in [0, 0.1) is 17.8 Å². The average Bonchev–Trinajstić information content (AvgIpc) is 2.63. The fraction of sp³-hybridized carbons (Fsp3) is 1.00. The first-order valence-electron chi connectivity index (χ1n) is 4.39. The predicted molar refractivity (Wildman–Crippen MR) is 57.3 cm³/mol. The Bertz CT molecular complexity index is 109. The van der Waals surface area contributed by atoms with Crippen molar-refractivity contribution in [3.05, 3.63) is 0 Å². The molecule has 0 heterocycles. The van der Waals surface area contributed by atoms with Gasteiger partial charge in [-0.05, 0) is 24.2 Å². The van der Waals surface area contributed by atoms with Crippen LogP contribution in [0.15, 0.2) is 0 Å². The molecule has 1 fully saturated rings. The Morgan fingerprint density at radius 1 is 1.27 bits per heavy atom. The highest BCUT2D eigenvalue weighted by atomic mass is 79.9. The van der Waals surface area contributed by atoms with E-state index in [2.05, 4.69) is 45.7 Å². The summed E-state index contributed by atoms with van der Waals surface area (Å²) in [7, 11) is 0. The summed E-state index contributed by atoms with van der Waals surface area (Å²) >= 11 is 7.23. The molecule has 0 aromatic carbocycles. The Morgan fingerprint density at radius 2 is 1.82 bits per heavy atom. The lowest BCUT2D eigenvalue weighted by Crippen LogP contribution is -2.16. The number of alkyl halides is 2. The molecule has 1 saturated carbocycles. The van der Waals surface area contributed by atoms with Crippen molar-refractivity contribution in [3.8, 4) is 0 Å². The summed E-state index contributed by atoms with van der Waals surface area (Å²) in [5, 5.41) is 0. The highest BCUT2D eigenvalue weighted by Gasteiger charge is 2.29. The zero-order valence-corrected chi connectivity index (χ0v) is 10.4. The highest BCUT2D eigenvalue weighted by Crippen LogP contribution is 2.41. The number of rotatable bonds is 4. The summed E-state index contributed by atoms with van der Waals surface area (Å²) in [5.41, 5.74) is 0. The minimum atomic E-state index is 0.510. The van der Waals surface area contributed by atoms with Crippen molar-refractivity contribution in [1.82, 2.24) is 0 Å². The Hall–Kier alpha value is 0.960. The van der Waals surface area contributed by atoms with E-state index < -0.39 is 0 Å². The van der Waals surface area contributed by atoms with E-state index in [9.17, 15) is 0 Å². The maximum Gasteiger partial charge on any atom is 0.0728 e. The third-order valence-corrected chi connectivity index (χ3v) is 3.84. The molecule has 11 heavy (non-hydrogen) atoms. The third-order valence-electron chi connectivity index (χ3n) is 2.48. The largest absolute Gasteiger partial charge is 0.0762 e. The molecule has 1 unspecified atom stereocenters. The number of halogens is 2. The van der Waals surface area contributed by atoms with Gasteiger partial charge in [0.1, 0.15) is 0 Å². The molecule has 0 aromatic heterocycles. The average molecular weight is 284 g/mol. The van der Waals surface area contributed by atoms with Gasteiger partial charge in [0.15, 0.2) is 0 Å². The molecule has 0 amide bonds. The first kappa shape index (κ1) is 10.0. The Labute approximate surface area is 86.4 Å². The molecule has 1 aliphatic carbocycles. The molecule has 2 heteroatoms. The van der Waals surface area contributed by atoms with Crippen LogP contribution >= 0.6 is 31.9 Å². The molecule has 0 N–H and O–H groups in total. The van der Waals surface area contributed by atoms with Crippen molar-refractivity contribution in [3.63, 3.8) is 0 Å². The van der Waals surface area contributed by atoms with Gasteiger partial charge in [0.25, 0.3) is 0 Å². The standard InChI is InChI=1S/C9H16Br2/c1-6(2)8(9(10)11)5-7-3-4-7/h6-9H,3-5H2,1-2H3. The minimum absolute atomic E-state index is 0.510. The number of hydrogen-bond acceptors (Lipinski definition) is 0. The summed E-state index contributed by atoms with van der Waals surface area (Å²) in [6.07, 6.45) is 4.34. The van der Waals surface area contributed by atoms with Crippen molar-refractivity contribution >= 4 is 31.9 Å². The van der Waals surface area contributed by atoms with E-state index in [1.807, 2.05) is 0 Å². The Kier molecular flexibility index (Phi) is 3.90. The van der Waals surface area contributed by atoms with Crippen molar-refractivity contribution in [2.45, 2.75) is 36.8 Å². The minimum Gasteiger partial charge on any atom is -0.0762 e. The first-order valence-corrected chi connectivity index (χ1v) is 6.22. The van der Waals surface area contributed by atoms with Crippen LogP contribution in [-0.2, 0) is 0 Å². The molecule has 1 atom stereocenters. The molecular formula is C9H16Br2. The molecular weight excluding hydrogens is 268 g/mol. The zero-order chi connectivity index (χ0) is 8.43. The normalized spacial score (nSPS) is 21.3. The fourth-order valence-electron chi connectivity index (χ4n) is 1.40. The lowest BCUT2D eigenvalue weighted by molar-refractivity contribution is 0.373.